The molecule has 23 heavy (non-hydrogen) atoms. The van der Waals surface area contributed by atoms with Crippen LogP contribution in [0.2, 0.25) is 0 Å². The summed E-state index contributed by atoms with van der Waals surface area (Å²) in [5, 5.41) is 14.7. The molecule has 1 aliphatic heterocycles. The number of nitrogens with zero attached hydrogens (tertiary/aromatic N) is 5. The summed E-state index contributed by atoms with van der Waals surface area (Å²) in [5.74, 6) is 0.140. The van der Waals surface area contributed by atoms with Crippen LogP contribution >= 0.6 is 0 Å². The van der Waals surface area contributed by atoms with Gasteiger partial charge >= 0.3 is 5.97 Å². The van der Waals surface area contributed by atoms with Crippen LogP contribution in [0.5, 0.6) is 0 Å². The van der Waals surface area contributed by atoms with E-state index in [1.807, 2.05) is 26.0 Å². The molecule has 0 amide bonds. The van der Waals surface area contributed by atoms with Gasteiger partial charge in [0.05, 0.1) is 12.2 Å². The molecule has 3 rings (SSSR count). The zero-order valence-electron chi connectivity index (χ0n) is 13.1. The van der Waals surface area contributed by atoms with Gasteiger partial charge in [0.2, 0.25) is 5.95 Å². The van der Waals surface area contributed by atoms with E-state index >= 15 is 0 Å². The Bertz CT molecular complexity index is 725. The van der Waals surface area contributed by atoms with Gasteiger partial charge in [-0.25, -0.2) is 4.79 Å². The number of hydrogen-bond acceptors (Lipinski definition) is 7. The van der Waals surface area contributed by atoms with Gasteiger partial charge in [-0.15, -0.1) is 0 Å². The van der Waals surface area contributed by atoms with Gasteiger partial charge in [0.15, 0.2) is 0 Å². The summed E-state index contributed by atoms with van der Waals surface area (Å²) >= 11 is 0. The van der Waals surface area contributed by atoms with Crippen molar-refractivity contribution in [2.24, 2.45) is 0 Å². The Labute approximate surface area is 133 Å². The lowest BCUT2D eigenvalue weighted by Crippen LogP contribution is -2.29. The summed E-state index contributed by atoms with van der Waals surface area (Å²) in [6.45, 7) is 4.27. The molecule has 0 aliphatic carbocycles. The van der Waals surface area contributed by atoms with Crippen LogP contribution in [-0.4, -0.2) is 37.8 Å². The maximum Gasteiger partial charge on any atom is 0.338 e. The van der Waals surface area contributed by atoms with Crippen LogP contribution in [0.25, 0.3) is 0 Å². The minimum Gasteiger partial charge on any atom is -0.462 e. The fourth-order valence-corrected chi connectivity index (χ4v) is 2.52. The van der Waals surface area contributed by atoms with Crippen LogP contribution in [0.4, 0.5) is 5.95 Å². The number of rotatable bonds is 5. The van der Waals surface area contributed by atoms with Gasteiger partial charge in [0.25, 0.3) is 0 Å². The Kier molecular flexibility index (Phi) is 4.31. The first-order valence-electron chi connectivity index (χ1n) is 7.55. The topological polar surface area (TPSA) is 94.8 Å². The lowest BCUT2D eigenvalue weighted by Gasteiger charge is -2.27. The molecule has 8 nitrogen and oxygen atoms in total. The molecule has 1 N–H and O–H groups in total. The predicted molar refractivity (Wildman–Crippen MR) is 82.4 cm³/mol. The number of carbonyl (C=O) groups excluding carboxylic acids is 1. The Hall–Kier alpha value is -2.77. The summed E-state index contributed by atoms with van der Waals surface area (Å²) in [5.41, 5.74) is 2.07. The molecule has 0 saturated carbocycles. The molecular formula is C15H18N6O2. The number of anilines is 1. The second-order valence-corrected chi connectivity index (χ2v) is 5.28. The minimum atomic E-state index is -0.432. The molecule has 8 heteroatoms. The number of pyridine rings is 1. The quantitative estimate of drug-likeness (QED) is 0.663. The number of tetrazole rings is 1. The minimum absolute atomic E-state index is 0.355. The Morgan fingerprint density at radius 3 is 2.91 bits per heavy atom. The van der Waals surface area contributed by atoms with Crippen LogP contribution in [-0.2, 0) is 9.53 Å². The molecule has 0 spiro atoms. The SMILES string of the molecule is CCCCOC(=O)C1=C(C)Nc2nnnn2[C@@H]1c1ccncc1. The van der Waals surface area contributed by atoms with Crippen molar-refractivity contribution in [1.29, 1.82) is 0 Å². The van der Waals surface area contributed by atoms with Gasteiger partial charge in [-0.1, -0.05) is 18.4 Å². The van der Waals surface area contributed by atoms with Crippen molar-refractivity contribution in [2.45, 2.75) is 32.7 Å². The highest BCUT2D eigenvalue weighted by molar-refractivity contribution is 5.92. The maximum absolute atomic E-state index is 12.6. The monoisotopic (exact) mass is 314 g/mol. The molecule has 0 unspecified atom stereocenters. The number of allylic oxidation sites excluding steroid dienone is 1. The summed E-state index contributed by atoms with van der Waals surface area (Å²) in [4.78, 5) is 16.6. The molecule has 0 fully saturated rings. The second kappa shape index (κ2) is 6.55. The summed E-state index contributed by atoms with van der Waals surface area (Å²) < 4.78 is 6.98. The van der Waals surface area contributed by atoms with E-state index in [-0.39, 0.29) is 5.97 Å². The van der Waals surface area contributed by atoms with Crippen molar-refractivity contribution in [2.75, 3.05) is 11.9 Å². The Morgan fingerprint density at radius 2 is 2.17 bits per heavy atom. The van der Waals surface area contributed by atoms with Crippen LogP contribution in [0.3, 0.4) is 0 Å². The number of nitrogens with one attached hydrogen (secondary N) is 1. The molecule has 1 atom stereocenters. The van der Waals surface area contributed by atoms with Gasteiger partial charge < -0.3 is 10.1 Å². The first-order valence-corrected chi connectivity index (χ1v) is 7.55. The fourth-order valence-electron chi connectivity index (χ4n) is 2.52. The fraction of sp³-hybridized carbons (Fsp3) is 0.400. The molecule has 0 saturated heterocycles. The van der Waals surface area contributed by atoms with Crippen molar-refractivity contribution in [3.8, 4) is 0 Å². The van der Waals surface area contributed by atoms with Gasteiger partial charge in [-0.05, 0) is 41.5 Å². The molecule has 2 aromatic heterocycles. The normalized spacial score (nSPS) is 16.7. The number of aromatic nitrogens is 5. The number of ether oxygens (including phenoxy) is 1. The third-order valence-corrected chi connectivity index (χ3v) is 3.69. The number of hydrogen-bond donors (Lipinski definition) is 1. The highest BCUT2D eigenvalue weighted by atomic mass is 16.5. The molecule has 0 aromatic carbocycles. The van der Waals surface area contributed by atoms with Crippen molar-refractivity contribution in [1.82, 2.24) is 25.2 Å². The zero-order valence-corrected chi connectivity index (χ0v) is 13.1. The molecular weight excluding hydrogens is 296 g/mol. The molecule has 0 bridgehead atoms. The van der Waals surface area contributed by atoms with Crippen molar-refractivity contribution in [3.63, 3.8) is 0 Å². The maximum atomic E-state index is 12.6. The highest BCUT2D eigenvalue weighted by Crippen LogP contribution is 2.34. The first kappa shape index (κ1) is 15.1. The summed E-state index contributed by atoms with van der Waals surface area (Å²) in [6.07, 6.45) is 5.16. The lowest BCUT2D eigenvalue weighted by molar-refractivity contribution is -0.139. The van der Waals surface area contributed by atoms with Gasteiger partial charge in [0.1, 0.15) is 6.04 Å². The zero-order chi connectivity index (χ0) is 16.2. The van der Waals surface area contributed by atoms with Crippen LogP contribution < -0.4 is 5.32 Å². The second-order valence-electron chi connectivity index (χ2n) is 5.28. The van der Waals surface area contributed by atoms with E-state index in [9.17, 15) is 4.79 Å². The van der Waals surface area contributed by atoms with Gasteiger partial charge in [-0.3, -0.25) is 4.98 Å². The first-order chi connectivity index (χ1) is 11.2. The molecule has 0 radical (unpaired) electrons. The van der Waals surface area contributed by atoms with Crippen molar-refractivity contribution >= 4 is 11.9 Å². The number of unbranched alkanes of at least 4 members (excludes halogenated alkanes) is 1. The van der Waals surface area contributed by atoms with E-state index < -0.39 is 6.04 Å². The van der Waals surface area contributed by atoms with Crippen molar-refractivity contribution < 1.29 is 9.53 Å². The third kappa shape index (κ3) is 2.92. The van der Waals surface area contributed by atoms with E-state index in [0.717, 1.165) is 18.4 Å². The van der Waals surface area contributed by atoms with Crippen LogP contribution in [0.1, 0.15) is 38.3 Å². The Balaban J connectivity index is 1.99. The Morgan fingerprint density at radius 1 is 1.39 bits per heavy atom. The lowest BCUT2D eigenvalue weighted by atomic mass is 9.97. The summed E-state index contributed by atoms with van der Waals surface area (Å²) in [6, 6.07) is 3.25. The number of carbonyl (C=O) groups is 1. The van der Waals surface area contributed by atoms with Gasteiger partial charge in [0, 0.05) is 18.1 Å². The molecule has 120 valence electrons. The third-order valence-electron chi connectivity index (χ3n) is 3.69. The van der Waals surface area contributed by atoms with Gasteiger partial charge in [-0.2, -0.15) is 4.68 Å². The standard InChI is InChI=1S/C15H18N6O2/c1-3-4-9-23-14(22)12-10(2)17-15-18-19-20-21(15)13(12)11-5-7-16-8-6-11/h5-8,13H,3-4,9H2,1-2H3,(H,17,18,20)/t13-/m1/s1. The smallest absolute Gasteiger partial charge is 0.338 e. The van der Waals surface area contributed by atoms with Crippen molar-refractivity contribution in [3.05, 3.63) is 41.4 Å². The molecule has 1 aliphatic rings. The van der Waals surface area contributed by atoms with E-state index in [1.54, 1.807) is 17.1 Å². The average Bonchev–Trinajstić information content (AvgIpc) is 3.02. The van der Waals surface area contributed by atoms with E-state index in [0.29, 0.717) is 23.8 Å². The molecule has 3 heterocycles. The average molecular weight is 314 g/mol. The summed E-state index contributed by atoms with van der Waals surface area (Å²) in [7, 11) is 0. The number of esters is 1. The van der Waals surface area contributed by atoms with Crippen LogP contribution in [0, 0.1) is 0 Å². The number of fused-ring (bicyclic) bond motifs is 1. The van der Waals surface area contributed by atoms with E-state index in [4.69, 9.17) is 4.74 Å². The predicted octanol–water partition coefficient (Wildman–Crippen LogP) is 1.70. The molecule has 2 aromatic rings. The largest absolute Gasteiger partial charge is 0.462 e. The van der Waals surface area contributed by atoms with E-state index in [2.05, 4.69) is 25.8 Å². The highest BCUT2D eigenvalue weighted by Gasteiger charge is 2.34. The van der Waals surface area contributed by atoms with E-state index in [1.165, 1.54) is 0 Å². The van der Waals surface area contributed by atoms with Crippen LogP contribution in [0.15, 0.2) is 35.8 Å².